The predicted octanol–water partition coefficient (Wildman–Crippen LogP) is 0.696. The van der Waals surface area contributed by atoms with Gasteiger partial charge in [-0.3, -0.25) is 4.79 Å². The first-order chi connectivity index (χ1) is 9.00. The van der Waals surface area contributed by atoms with Crippen molar-refractivity contribution >= 4 is 11.7 Å². The molecule has 0 amide bonds. The second kappa shape index (κ2) is 4.97. The van der Waals surface area contributed by atoms with Crippen molar-refractivity contribution in [1.29, 1.82) is 0 Å². The fraction of sp³-hybridized carbons (Fsp3) is 0.462. The number of benzene rings is 1. The minimum Gasteiger partial charge on any atom is -0.497 e. The van der Waals surface area contributed by atoms with Gasteiger partial charge in [-0.1, -0.05) is 0 Å². The molecule has 104 valence electrons. The highest BCUT2D eigenvalue weighted by Gasteiger charge is 2.41. The number of carboxylic acids is 1. The predicted molar refractivity (Wildman–Crippen MR) is 70.9 cm³/mol. The van der Waals surface area contributed by atoms with Crippen molar-refractivity contribution in [1.82, 2.24) is 0 Å². The number of aliphatic carboxylic acids is 1. The Bertz CT molecular complexity index is 492. The molecule has 1 aromatic carbocycles. The average Bonchev–Trinajstić information content (AvgIpc) is 2.82. The van der Waals surface area contributed by atoms with Gasteiger partial charge in [0.15, 0.2) is 0 Å². The van der Waals surface area contributed by atoms with Crippen LogP contribution in [0.2, 0.25) is 0 Å². The SMILES string of the molecule is COc1ccc(N2CCC(N)(C(=O)O)C2)c(OC)c1. The minimum absolute atomic E-state index is 0.269. The molecule has 2 rings (SSSR count). The van der Waals surface area contributed by atoms with Gasteiger partial charge in [-0.05, 0) is 18.6 Å². The summed E-state index contributed by atoms with van der Waals surface area (Å²) >= 11 is 0. The maximum Gasteiger partial charge on any atom is 0.325 e. The molecular weight excluding hydrogens is 248 g/mol. The number of ether oxygens (including phenoxy) is 2. The molecule has 0 aromatic heterocycles. The van der Waals surface area contributed by atoms with Crippen molar-refractivity contribution in [3.63, 3.8) is 0 Å². The topological polar surface area (TPSA) is 85.0 Å². The monoisotopic (exact) mass is 266 g/mol. The summed E-state index contributed by atoms with van der Waals surface area (Å²) in [7, 11) is 3.15. The van der Waals surface area contributed by atoms with E-state index in [-0.39, 0.29) is 6.54 Å². The highest BCUT2D eigenvalue weighted by atomic mass is 16.5. The number of hydrogen-bond donors (Lipinski definition) is 2. The van der Waals surface area contributed by atoms with Crippen molar-refractivity contribution in [3.8, 4) is 11.5 Å². The van der Waals surface area contributed by atoms with Crippen molar-refractivity contribution < 1.29 is 19.4 Å². The number of anilines is 1. The normalized spacial score (nSPS) is 22.4. The fourth-order valence-electron chi connectivity index (χ4n) is 2.26. The van der Waals surface area contributed by atoms with Gasteiger partial charge in [0, 0.05) is 19.2 Å². The lowest BCUT2D eigenvalue weighted by molar-refractivity contribution is -0.142. The zero-order valence-corrected chi connectivity index (χ0v) is 11.0. The Labute approximate surface area is 111 Å². The third kappa shape index (κ3) is 2.44. The van der Waals surface area contributed by atoms with E-state index in [0.29, 0.717) is 24.5 Å². The number of hydrogen-bond acceptors (Lipinski definition) is 5. The second-order valence-corrected chi connectivity index (χ2v) is 4.67. The van der Waals surface area contributed by atoms with Crippen LogP contribution < -0.4 is 20.1 Å². The van der Waals surface area contributed by atoms with E-state index >= 15 is 0 Å². The van der Waals surface area contributed by atoms with E-state index in [1.54, 1.807) is 20.3 Å². The number of methoxy groups -OCH3 is 2. The Balaban J connectivity index is 2.26. The lowest BCUT2D eigenvalue weighted by Gasteiger charge is -2.23. The molecule has 0 aliphatic carbocycles. The summed E-state index contributed by atoms with van der Waals surface area (Å²) in [5.41, 5.74) is 5.51. The van der Waals surface area contributed by atoms with Crippen LogP contribution in [0.5, 0.6) is 11.5 Å². The molecule has 6 heteroatoms. The summed E-state index contributed by atoms with van der Waals surface area (Å²) < 4.78 is 10.5. The maximum absolute atomic E-state index is 11.2. The first-order valence-electron chi connectivity index (χ1n) is 5.99. The Morgan fingerprint density at radius 1 is 1.42 bits per heavy atom. The number of rotatable bonds is 4. The quantitative estimate of drug-likeness (QED) is 0.834. The molecule has 1 unspecified atom stereocenters. The summed E-state index contributed by atoms with van der Waals surface area (Å²) in [6.45, 7) is 0.858. The van der Waals surface area contributed by atoms with E-state index in [2.05, 4.69) is 0 Å². The van der Waals surface area contributed by atoms with Gasteiger partial charge in [-0.25, -0.2) is 0 Å². The first-order valence-corrected chi connectivity index (χ1v) is 5.99. The molecule has 1 aromatic rings. The fourth-order valence-corrected chi connectivity index (χ4v) is 2.26. The third-order valence-electron chi connectivity index (χ3n) is 3.45. The van der Waals surface area contributed by atoms with Crippen LogP contribution in [0.15, 0.2) is 18.2 Å². The summed E-state index contributed by atoms with van der Waals surface area (Å²) in [6.07, 6.45) is 0.414. The molecule has 0 saturated carbocycles. The number of nitrogens with zero attached hydrogens (tertiary/aromatic N) is 1. The van der Waals surface area contributed by atoms with Crippen LogP contribution in [0, 0.1) is 0 Å². The number of carboxylic acid groups (broad SMARTS) is 1. The van der Waals surface area contributed by atoms with Crippen LogP contribution in [-0.4, -0.2) is 43.9 Å². The smallest absolute Gasteiger partial charge is 0.325 e. The van der Waals surface area contributed by atoms with Crippen molar-refractivity contribution in [2.45, 2.75) is 12.0 Å². The van der Waals surface area contributed by atoms with Crippen LogP contribution in [0.1, 0.15) is 6.42 Å². The van der Waals surface area contributed by atoms with E-state index in [9.17, 15) is 4.79 Å². The van der Waals surface area contributed by atoms with Gasteiger partial charge in [-0.15, -0.1) is 0 Å². The van der Waals surface area contributed by atoms with Crippen LogP contribution >= 0.6 is 0 Å². The maximum atomic E-state index is 11.2. The van der Waals surface area contributed by atoms with Crippen LogP contribution in [0.4, 0.5) is 5.69 Å². The van der Waals surface area contributed by atoms with Gasteiger partial charge in [0.05, 0.1) is 19.9 Å². The summed E-state index contributed by atoms with van der Waals surface area (Å²) in [5, 5.41) is 9.14. The van der Waals surface area contributed by atoms with Gasteiger partial charge in [0.1, 0.15) is 17.0 Å². The number of carbonyl (C=O) groups is 1. The van der Waals surface area contributed by atoms with Crippen LogP contribution in [-0.2, 0) is 4.79 Å². The van der Waals surface area contributed by atoms with Crippen LogP contribution in [0.25, 0.3) is 0 Å². The molecule has 1 atom stereocenters. The largest absolute Gasteiger partial charge is 0.497 e. The van der Waals surface area contributed by atoms with Crippen LogP contribution in [0.3, 0.4) is 0 Å². The Kier molecular flexibility index (Phi) is 3.53. The molecule has 0 spiro atoms. The molecule has 6 nitrogen and oxygen atoms in total. The van der Waals surface area contributed by atoms with Gasteiger partial charge >= 0.3 is 5.97 Å². The molecule has 3 N–H and O–H groups in total. The molecule has 0 bridgehead atoms. The van der Waals surface area contributed by atoms with E-state index in [0.717, 1.165) is 5.69 Å². The summed E-state index contributed by atoms with van der Waals surface area (Å²) in [6, 6.07) is 5.44. The lowest BCUT2D eigenvalue weighted by Crippen LogP contribution is -2.50. The average molecular weight is 266 g/mol. The van der Waals surface area contributed by atoms with E-state index in [1.165, 1.54) is 0 Å². The first kappa shape index (κ1) is 13.5. The number of nitrogens with two attached hydrogens (primary N) is 1. The molecule has 1 fully saturated rings. The summed E-state index contributed by atoms with van der Waals surface area (Å²) in [5.74, 6) is 0.369. The second-order valence-electron chi connectivity index (χ2n) is 4.67. The molecule has 1 aliphatic heterocycles. The molecule has 0 radical (unpaired) electrons. The van der Waals surface area contributed by atoms with Gasteiger partial charge in [0.2, 0.25) is 0 Å². The third-order valence-corrected chi connectivity index (χ3v) is 3.45. The molecular formula is C13H18N2O4. The highest BCUT2D eigenvalue weighted by molar-refractivity contribution is 5.81. The van der Waals surface area contributed by atoms with Crippen molar-refractivity contribution in [3.05, 3.63) is 18.2 Å². The van der Waals surface area contributed by atoms with E-state index < -0.39 is 11.5 Å². The van der Waals surface area contributed by atoms with Crippen molar-refractivity contribution in [2.75, 3.05) is 32.2 Å². The lowest BCUT2D eigenvalue weighted by atomic mass is 10.0. The summed E-state index contributed by atoms with van der Waals surface area (Å²) in [4.78, 5) is 13.1. The molecule has 19 heavy (non-hydrogen) atoms. The zero-order valence-electron chi connectivity index (χ0n) is 11.0. The Morgan fingerprint density at radius 2 is 2.16 bits per heavy atom. The minimum atomic E-state index is -1.19. The molecule has 1 saturated heterocycles. The highest BCUT2D eigenvalue weighted by Crippen LogP contribution is 2.35. The zero-order chi connectivity index (χ0) is 14.0. The molecule has 1 heterocycles. The van der Waals surface area contributed by atoms with Gasteiger partial charge in [0.25, 0.3) is 0 Å². The van der Waals surface area contributed by atoms with Gasteiger partial charge in [-0.2, -0.15) is 0 Å². The van der Waals surface area contributed by atoms with Gasteiger partial charge < -0.3 is 25.2 Å². The Morgan fingerprint density at radius 3 is 2.68 bits per heavy atom. The standard InChI is InChI=1S/C13H18N2O4/c1-18-9-3-4-10(11(7-9)19-2)15-6-5-13(14,8-15)12(16)17/h3-4,7H,5-6,8,14H2,1-2H3,(H,16,17). The molecule has 1 aliphatic rings. The Hall–Kier alpha value is -1.95. The van der Waals surface area contributed by atoms with E-state index in [1.807, 2.05) is 17.0 Å². The van der Waals surface area contributed by atoms with E-state index in [4.69, 9.17) is 20.3 Å². The van der Waals surface area contributed by atoms with Crippen molar-refractivity contribution in [2.24, 2.45) is 5.73 Å².